The molecule has 0 aliphatic carbocycles. The molecule has 0 saturated carbocycles. The summed E-state index contributed by atoms with van der Waals surface area (Å²) in [7, 11) is 1.61. The van der Waals surface area contributed by atoms with Gasteiger partial charge in [0.25, 0.3) is 0 Å². The van der Waals surface area contributed by atoms with Crippen LogP contribution >= 0.6 is 0 Å². The predicted octanol–water partition coefficient (Wildman–Crippen LogP) is 2.79. The van der Waals surface area contributed by atoms with Gasteiger partial charge in [0, 0.05) is 13.1 Å². The summed E-state index contributed by atoms with van der Waals surface area (Å²) in [5, 5.41) is 10.3. The molecule has 1 fully saturated rings. The largest absolute Gasteiger partial charge is 0.573 e. The summed E-state index contributed by atoms with van der Waals surface area (Å²) < 4.78 is 54.1. The van der Waals surface area contributed by atoms with E-state index in [0.29, 0.717) is 22.5 Å². The average Bonchev–Trinajstić information content (AvgIpc) is 2.85. The van der Waals surface area contributed by atoms with Crippen molar-refractivity contribution < 1.29 is 32.5 Å². The fourth-order valence-corrected chi connectivity index (χ4v) is 3.17. The Labute approximate surface area is 162 Å². The maximum Gasteiger partial charge on any atom is 0.573 e. The van der Waals surface area contributed by atoms with Gasteiger partial charge in [0.15, 0.2) is 0 Å². The Bertz CT molecular complexity index is 1100. The molecule has 0 unspecified atom stereocenters. The molecule has 0 amide bonds. The van der Waals surface area contributed by atoms with Crippen molar-refractivity contribution in [2.75, 3.05) is 13.2 Å². The number of halogens is 3. The van der Waals surface area contributed by atoms with Gasteiger partial charge >= 0.3 is 12.1 Å². The SMILES string of the molecule is Cn1c(=O)n(CC2(O)COC2)c2ccc(Oc3ccc(OC(F)(F)F)cc3)cc21. The standard InChI is InChI=1S/C19H17F3N2O5/c1-23-16-8-14(28-12-2-4-13(5-3-12)29-19(20,21)22)6-7-15(16)24(17(23)25)9-18(26)10-27-11-18/h2-8,26H,9-11H2,1H3. The van der Waals surface area contributed by atoms with Crippen LogP contribution < -0.4 is 15.2 Å². The Morgan fingerprint density at radius 3 is 2.28 bits per heavy atom. The van der Waals surface area contributed by atoms with Crippen molar-refractivity contribution in [2.45, 2.75) is 18.5 Å². The number of hydrogen-bond donors (Lipinski definition) is 1. The highest BCUT2D eigenvalue weighted by Gasteiger charge is 2.37. The third-order valence-electron chi connectivity index (χ3n) is 4.60. The minimum absolute atomic E-state index is 0.115. The number of alkyl halides is 3. The molecule has 1 N–H and O–H groups in total. The van der Waals surface area contributed by atoms with Crippen molar-refractivity contribution in [1.82, 2.24) is 9.13 Å². The van der Waals surface area contributed by atoms with Crippen LogP contribution in [0, 0.1) is 0 Å². The van der Waals surface area contributed by atoms with E-state index in [1.165, 1.54) is 21.3 Å². The molecule has 2 heterocycles. The van der Waals surface area contributed by atoms with Crippen LogP contribution in [0.4, 0.5) is 13.2 Å². The molecule has 154 valence electrons. The average molecular weight is 410 g/mol. The van der Waals surface area contributed by atoms with Crippen LogP contribution in [0.1, 0.15) is 0 Å². The Morgan fingerprint density at radius 2 is 1.69 bits per heavy atom. The lowest BCUT2D eigenvalue weighted by molar-refractivity contribution is -0.274. The van der Waals surface area contributed by atoms with Gasteiger partial charge in [-0.2, -0.15) is 0 Å². The third kappa shape index (κ3) is 3.94. The fraction of sp³-hybridized carbons (Fsp3) is 0.316. The molecule has 7 nitrogen and oxygen atoms in total. The Hall–Kier alpha value is -2.98. The highest BCUT2D eigenvalue weighted by Crippen LogP contribution is 2.29. The van der Waals surface area contributed by atoms with E-state index in [0.717, 1.165) is 12.1 Å². The molecule has 29 heavy (non-hydrogen) atoms. The number of nitrogens with zero attached hydrogens (tertiary/aromatic N) is 2. The zero-order valence-electron chi connectivity index (χ0n) is 15.3. The van der Waals surface area contributed by atoms with Gasteiger partial charge in [-0.05, 0) is 36.4 Å². The minimum Gasteiger partial charge on any atom is -0.457 e. The van der Waals surface area contributed by atoms with E-state index in [9.17, 15) is 23.1 Å². The predicted molar refractivity (Wildman–Crippen MR) is 96.1 cm³/mol. The van der Waals surface area contributed by atoms with E-state index < -0.39 is 12.0 Å². The van der Waals surface area contributed by atoms with E-state index in [2.05, 4.69) is 4.74 Å². The number of benzene rings is 2. The summed E-state index contributed by atoms with van der Waals surface area (Å²) in [5.41, 5.74) is -0.133. The first-order valence-electron chi connectivity index (χ1n) is 8.67. The molecule has 0 atom stereocenters. The van der Waals surface area contributed by atoms with Crippen molar-refractivity contribution in [1.29, 1.82) is 0 Å². The van der Waals surface area contributed by atoms with Crippen LogP contribution in [0.3, 0.4) is 0 Å². The smallest absolute Gasteiger partial charge is 0.457 e. The van der Waals surface area contributed by atoms with Crippen LogP contribution in [0.25, 0.3) is 11.0 Å². The van der Waals surface area contributed by atoms with E-state index in [-0.39, 0.29) is 31.2 Å². The first kappa shape index (κ1) is 19.3. The number of ether oxygens (including phenoxy) is 3. The summed E-state index contributed by atoms with van der Waals surface area (Å²) in [5.74, 6) is 0.363. The molecule has 1 aliphatic heterocycles. The molecule has 4 rings (SSSR count). The third-order valence-corrected chi connectivity index (χ3v) is 4.60. The summed E-state index contributed by atoms with van der Waals surface area (Å²) >= 11 is 0. The normalized spacial score (nSPS) is 15.9. The van der Waals surface area contributed by atoms with Gasteiger partial charge in [-0.1, -0.05) is 0 Å². The molecule has 0 spiro atoms. The van der Waals surface area contributed by atoms with E-state index in [1.807, 2.05) is 0 Å². The number of aliphatic hydroxyl groups is 1. The molecule has 1 aromatic heterocycles. The van der Waals surface area contributed by atoms with Crippen molar-refractivity contribution in [2.24, 2.45) is 7.05 Å². The van der Waals surface area contributed by atoms with Crippen LogP contribution in [0.2, 0.25) is 0 Å². The quantitative estimate of drug-likeness (QED) is 0.700. The van der Waals surface area contributed by atoms with E-state index in [1.54, 1.807) is 25.2 Å². The Balaban J connectivity index is 1.58. The van der Waals surface area contributed by atoms with Gasteiger partial charge in [0.2, 0.25) is 0 Å². The summed E-state index contributed by atoms with van der Waals surface area (Å²) in [4.78, 5) is 12.6. The fourth-order valence-electron chi connectivity index (χ4n) is 3.17. The lowest BCUT2D eigenvalue weighted by Crippen LogP contribution is -2.53. The van der Waals surface area contributed by atoms with Gasteiger partial charge in [-0.3, -0.25) is 9.13 Å². The lowest BCUT2D eigenvalue weighted by atomic mass is 10.0. The van der Waals surface area contributed by atoms with E-state index >= 15 is 0 Å². The summed E-state index contributed by atoms with van der Waals surface area (Å²) in [6, 6.07) is 9.97. The van der Waals surface area contributed by atoms with Crippen molar-refractivity contribution in [3.8, 4) is 17.2 Å². The zero-order valence-corrected chi connectivity index (χ0v) is 15.3. The first-order chi connectivity index (χ1) is 13.6. The molecule has 1 aliphatic rings. The van der Waals surface area contributed by atoms with Crippen molar-refractivity contribution in [3.05, 3.63) is 52.9 Å². The Morgan fingerprint density at radius 1 is 1.07 bits per heavy atom. The molecule has 2 aromatic carbocycles. The number of rotatable bonds is 5. The molecule has 1 saturated heterocycles. The maximum absolute atomic E-state index is 12.6. The molecule has 0 bridgehead atoms. The molecule has 3 aromatic rings. The number of fused-ring (bicyclic) bond motifs is 1. The highest BCUT2D eigenvalue weighted by molar-refractivity contribution is 5.78. The molecular weight excluding hydrogens is 393 g/mol. The van der Waals surface area contributed by atoms with Crippen LogP contribution in [-0.4, -0.2) is 39.4 Å². The topological polar surface area (TPSA) is 74.9 Å². The summed E-state index contributed by atoms with van der Waals surface area (Å²) in [6.07, 6.45) is -4.76. The number of imidazole rings is 1. The zero-order chi connectivity index (χ0) is 20.8. The monoisotopic (exact) mass is 410 g/mol. The van der Waals surface area contributed by atoms with Gasteiger partial charge in [-0.15, -0.1) is 13.2 Å². The van der Waals surface area contributed by atoms with E-state index in [4.69, 9.17) is 9.47 Å². The summed E-state index contributed by atoms with van der Waals surface area (Å²) in [6.45, 7) is 0.459. The van der Waals surface area contributed by atoms with Crippen LogP contribution in [-0.2, 0) is 18.3 Å². The Kier molecular flexibility index (Phi) is 4.55. The van der Waals surface area contributed by atoms with Crippen LogP contribution in [0.5, 0.6) is 17.2 Å². The molecule has 10 heteroatoms. The highest BCUT2D eigenvalue weighted by atomic mass is 19.4. The van der Waals surface area contributed by atoms with Crippen molar-refractivity contribution in [3.63, 3.8) is 0 Å². The van der Waals surface area contributed by atoms with Gasteiger partial charge < -0.3 is 19.3 Å². The second-order valence-corrected chi connectivity index (χ2v) is 6.92. The number of aromatic nitrogens is 2. The number of aryl methyl sites for hydroxylation is 1. The lowest BCUT2D eigenvalue weighted by Gasteiger charge is -2.36. The second kappa shape index (κ2) is 6.82. The minimum atomic E-state index is -4.76. The van der Waals surface area contributed by atoms with Gasteiger partial charge in [0.05, 0.1) is 30.8 Å². The first-order valence-corrected chi connectivity index (χ1v) is 8.67. The second-order valence-electron chi connectivity index (χ2n) is 6.92. The van der Waals surface area contributed by atoms with Gasteiger partial charge in [-0.25, -0.2) is 4.79 Å². The number of hydrogen-bond acceptors (Lipinski definition) is 5. The maximum atomic E-state index is 12.6. The molecule has 0 radical (unpaired) electrons. The van der Waals surface area contributed by atoms with Crippen molar-refractivity contribution >= 4 is 11.0 Å². The molecular formula is C19H17F3N2O5. The van der Waals surface area contributed by atoms with Gasteiger partial charge in [0.1, 0.15) is 22.8 Å². The van der Waals surface area contributed by atoms with Crippen LogP contribution in [0.15, 0.2) is 47.3 Å².